The van der Waals surface area contributed by atoms with Crippen molar-refractivity contribution in [2.75, 3.05) is 32.2 Å². The first-order valence-electron chi connectivity index (χ1n) is 7.11. The Labute approximate surface area is 130 Å². The SMILES string of the molecule is COCCCNC(=O)c1ccnc(N(C)c2ccccc2)n1. The van der Waals surface area contributed by atoms with E-state index in [4.69, 9.17) is 4.74 Å². The fourth-order valence-corrected chi connectivity index (χ4v) is 1.91. The van der Waals surface area contributed by atoms with E-state index in [2.05, 4.69) is 15.3 Å². The molecule has 0 bridgehead atoms. The molecule has 1 N–H and O–H groups in total. The lowest BCUT2D eigenvalue weighted by atomic mass is 10.3. The molecule has 6 nitrogen and oxygen atoms in total. The van der Waals surface area contributed by atoms with Crippen LogP contribution in [0, 0.1) is 0 Å². The zero-order chi connectivity index (χ0) is 15.8. The molecule has 2 aromatic rings. The number of rotatable bonds is 7. The van der Waals surface area contributed by atoms with Crippen LogP contribution in [0.2, 0.25) is 0 Å². The second-order valence-corrected chi connectivity index (χ2v) is 4.74. The molecular formula is C16H20N4O2. The highest BCUT2D eigenvalue weighted by Gasteiger charge is 2.11. The Morgan fingerprint density at radius 2 is 2.05 bits per heavy atom. The number of hydrogen-bond acceptors (Lipinski definition) is 5. The van der Waals surface area contributed by atoms with Gasteiger partial charge in [0.2, 0.25) is 5.95 Å². The minimum atomic E-state index is -0.207. The van der Waals surface area contributed by atoms with Crippen LogP contribution in [0.1, 0.15) is 16.9 Å². The number of nitrogens with one attached hydrogen (secondary N) is 1. The number of aromatic nitrogens is 2. The number of benzene rings is 1. The van der Waals surface area contributed by atoms with Gasteiger partial charge in [-0.25, -0.2) is 9.97 Å². The summed E-state index contributed by atoms with van der Waals surface area (Å²) in [6.07, 6.45) is 2.36. The van der Waals surface area contributed by atoms with Crippen LogP contribution in [0.5, 0.6) is 0 Å². The number of anilines is 2. The van der Waals surface area contributed by atoms with Crippen LogP contribution < -0.4 is 10.2 Å². The van der Waals surface area contributed by atoms with Crippen molar-refractivity contribution in [2.24, 2.45) is 0 Å². The summed E-state index contributed by atoms with van der Waals surface area (Å²) in [6.45, 7) is 1.17. The quantitative estimate of drug-likeness (QED) is 0.792. The molecule has 0 aliphatic heterocycles. The van der Waals surface area contributed by atoms with Gasteiger partial charge in [0, 0.05) is 39.2 Å². The normalized spacial score (nSPS) is 10.3. The van der Waals surface area contributed by atoms with E-state index in [1.807, 2.05) is 42.3 Å². The highest BCUT2D eigenvalue weighted by molar-refractivity contribution is 5.92. The van der Waals surface area contributed by atoms with Crippen molar-refractivity contribution in [1.82, 2.24) is 15.3 Å². The molecule has 0 aliphatic carbocycles. The Balaban J connectivity index is 2.05. The average Bonchev–Trinajstić information content (AvgIpc) is 2.59. The maximum absolute atomic E-state index is 12.1. The highest BCUT2D eigenvalue weighted by Crippen LogP contribution is 2.18. The molecule has 1 amide bonds. The Bertz CT molecular complexity index is 604. The molecule has 0 aliphatic rings. The summed E-state index contributed by atoms with van der Waals surface area (Å²) in [5.74, 6) is 0.275. The first-order chi connectivity index (χ1) is 10.7. The third-order valence-corrected chi connectivity index (χ3v) is 3.13. The zero-order valence-electron chi connectivity index (χ0n) is 12.8. The standard InChI is InChI=1S/C16H20N4O2/c1-20(13-7-4-3-5-8-13)16-18-11-9-14(19-16)15(21)17-10-6-12-22-2/h3-5,7-9,11H,6,10,12H2,1-2H3,(H,17,21). The van der Waals surface area contributed by atoms with Crippen molar-refractivity contribution in [1.29, 1.82) is 0 Å². The summed E-state index contributed by atoms with van der Waals surface area (Å²) in [4.78, 5) is 22.4. The Hall–Kier alpha value is -2.47. The van der Waals surface area contributed by atoms with Gasteiger partial charge in [-0.05, 0) is 24.6 Å². The third kappa shape index (κ3) is 4.26. The molecule has 22 heavy (non-hydrogen) atoms. The van der Waals surface area contributed by atoms with Gasteiger partial charge in [0.15, 0.2) is 0 Å². The third-order valence-electron chi connectivity index (χ3n) is 3.13. The molecule has 2 rings (SSSR count). The van der Waals surface area contributed by atoms with Crippen LogP contribution in [0.4, 0.5) is 11.6 Å². The number of amides is 1. The fraction of sp³-hybridized carbons (Fsp3) is 0.312. The molecule has 1 heterocycles. The van der Waals surface area contributed by atoms with Crippen molar-refractivity contribution < 1.29 is 9.53 Å². The summed E-state index contributed by atoms with van der Waals surface area (Å²) in [5.41, 5.74) is 1.31. The summed E-state index contributed by atoms with van der Waals surface area (Å²) in [7, 11) is 3.50. The lowest BCUT2D eigenvalue weighted by Crippen LogP contribution is -2.27. The van der Waals surface area contributed by atoms with E-state index in [1.165, 1.54) is 0 Å². The Morgan fingerprint density at radius 1 is 1.27 bits per heavy atom. The topological polar surface area (TPSA) is 67.3 Å². The summed E-state index contributed by atoms with van der Waals surface area (Å²) in [6, 6.07) is 11.4. The van der Waals surface area contributed by atoms with E-state index >= 15 is 0 Å². The molecule has 116 valence electrons. The Kier molecular flexibility index (Phi) is 5.85. The number of ether oxygens (including phenoxy) is 1. The van der Waals surface area contributed by atoms with Crippen LogP contribution in [-0.4, -0.2) is 43.2 Å². The van der Waals surface area contributed by atoms with Crippen LogP contribution in [-0.2, 0) is 4.74 Å². The maximum atomic E-state index is 12.1. The summed E-state index contributed by atoms with van der Waals surface area (Å²) in [5, 5.41) is 2.81. The predicted octanol–water partition coefficient (Wildman–Crippen LogP) is 2.01. The largest absolute Gasteiger partial charge is 0.385 e. The lowest BCUT2D eigenvalue weighted by Gasteiger charge is -2.17. The molecular weight excluding hydrogens is 280 g/mol. The van der Waals surface area contributed by atoms with Gasteiger partial charge in [0.05, 0.1) is 0 Å². The number of nitrogens with zero attached hydrogens (tertiary/aromatic N) is 3. The van der Waals surface area contributed by atoms with Crippen LogP contribution in [0.15, 0.2) is 42.6 Å². The molecule has 0 saturated heterocycles. The summed E-state index contributed by atoms with van der Waals surface area (Å²) < 4.78 is 4.95. The minimum absolute atomic E-state index is 0.207. The zero-order valence-corrected chi connectivity index (χ0v) is 12.8. The molecule has 0 fully saturated rings. The number of hydrogen-bond donors (Lipinski definition) is 1. The molecule has 0 saturated carbocycles. The first-order valence-corrected chi connectivity index (χ1v) is 7.11. The van der Waals surface area contributed by atoms with E-state index in [1.54, 1.807) is 19.4 Å². The van der Waals surface area contributed by atoms with Crippen molar-refractivity contribution in [3.8, 4) is 0 Å². The number of carbonyl (C=O) groups is 1. The smallest absolute Gasteiger partial charge is 0.270 e. The van der Waals surface area contributed by atoms with Gasteiger partial charge in [-0.3, -0.25) is 4.79 Å². The van der Waals surface area contributed by atoms with Crippen LogP contribution in [0.3, 0.4) is 0 Å². The van der Waals surface area contributed by atoms with E-state index in [-0.39, 0.29) is 5.91 Å². The molecule has 0 spiro atoms. The van der Waals surface area contributed by atoms with Crippen molar-refractivity contribution in [3.05, 3.63) is 48.3 Å². The van der Waals surface area contributed by atoms with Gasteiger partial charge in [-0.1, -0.05) is 18.2 Å². The average molecular weight is 300 g/mol. The van der Waals surface area contributed by atoms with Gasteiger partial charge >= 0.3 is 0 Å². The van der Waals surface area contributed by atoms with Crippen molar-refractivity contribution in [3.63, 3.8) is 0 Å². The van der Waals surface area contributed by atoms with E-state index in [0.717, 1.165) is 12.1 Å². The monoisotopic (exact) mass is 300 g/mol. The van der Waals surface area contributed by atoms with Crippen molar-refractivity contribution in [2.45, 2.75) is 6.42 Å². The van der Waals surface area contributed by atoms with E-state index in [0.29, 0.717) is 24.8 Å². The van der Waals surface area contributed by atoms with E-state index in [9.17, 15) is 4.79 Å². The second kappa shape index (κ2) is 8.09. The van der Waals surface area contributed by atoms with Gasteiger partial charge in [0.1, 0.15) is 5.69 Å². The molecule has 1 aromatic heterocycles. The number of methoxy groups -OCH3 is 1. The minimum Gasteiger partial charge on any atom is -0.385 e. The Morgan fingerprint density at radius 3 is 2.77 bits per heavy atom. The number of para-hydroxylation sites is 1. The van der Waals surface area contributed by atoms with Gasteiger partial charge in [0.25, 0.3) is 5.91 Å². The maximum Gasteiger partial charge on any atom is 0.270 e. The van der Waals surface area contributed by atoms with Gasteiger partial charge < -0.3 is 15.0 Å². The number of carbonyl (C=O) groups excluding carboxylic acids is 1. The summed E-state index contributed by atoms with van der Waals surface area (Å²) >= 11 is 0. The molecule has 0 radical (unpaired) electrons. The van der Waals surface area contributed by atoms with Gasteiger partial charge in [-0.2, -0.15) is 0 Å². The molecule has 0 atom stereocenters. The first kappa shape index (κ1) is 15.9. The van der Waals surface area contributed by atoms with Crippen molar-refractivity contribution >= 4 is 17.5 Å². The predicted molar refractivity (Wildman–Crippen MR) is 85.4 cm³/mol. The van der Waals surface area contributed by atoms with Crippen LogP contribution >= 0.6 is 0 Å². The molecule has 6 heteroatoms. The highest BCUT2D eigenvalue weighted by atomic mass is 16.5. The second-order valence-electron chi connectivity index (χ2n) is 4.74. The van der Waals surface area contributed by atoms with E-state index < -0.39 is 0 Å². The molecule has 0 unspecified atom stereocenters. The lowest BCUT2D eigenvalue weighted by molar-refractivity contribution is 0.0943. The fourth-order valence-electron chi connectivity index (χ4n) is 1.91. The molecule has 1 aromatic carbocycles. The van der Waals surface area contributed by atoms with Gasteiger partial charge in [-0.15, -0.1) is 0 Å². The van der Waals surface area contributed by atoms with Crippen LogP contribution in [0.25, 0.3) is 0 Å².